The highest BCUT2D eigenvalue weighted by Gasteiger charge is 2.47. The Hall–Kier alpha value is -2.42. The van der Waals surface area contributed by atoms with Crippen molar-refractivity contribution in [3.05, 3.63) is 35.9 Å². The Morgan fingerprint density at radius 3 is 2.35 bits per heavy atom. The summed E-state index contributed by atoms with van der Waals surface area (Å²) in [6, 6.07) is 6.96. The molecule has 1 aromatic rings. The number of rotatable bonds is 5. The molecule has 0 aromatic heterocycles. The third-order valence-corrected chi connectivity index (χ3v) is 3.86. The van der Waals surface area contributed by atoms with Crippen LogP contribution in [0.5, 0.6) is 5.75 Å². The summed E-state index contributed by atoms with van der Waals surface area (Å²) < 4.78 is 20.3. The summed E-state index contributed by atoms with van der Waals surface area (Å²) in [5.41, 5.74) is 0.730. The quantitative estimate of drug-likeness (QED) is 0.577. The van der Waals surface area contributed by atoms with E-state index in [1.807, 2.05) is 0 Å². The summed E-state index contributed by atoms with van der Waals surface area (Å²) in [7, 11) is 1.55. The molecule has 1 fully saturated rings. The first-order valence-electron chi connectivity index (χ1n) is 8.03. The molecule has 0 radical (unpaired) electrons. The van der Waals surface area contributed by atoms with Crippen molar-refractivity contribution in [3.63, 3.8) is 0 Å². The molecule has 8 heteroatoms. The van der Waals surface area contributed by atoms with Gasteiger partial charge in [0.15, 0.2) is 18.5 Å². The third kappa shape index (κ3) is 5.04. The minimum absolute atomic E-state index is 0.676. The Morgan fingerprint density at radius 2 is 1.77 bits per heavy atom. The second kappa shape index (κ2) is 8.79. The maximum Gasteiger partial charge on any atom is 0.331 e. The average molecular weight is 366 g/mol. The molecule has 1 aliphatic heterocycles. The molecule has 0 bridgehead atoms. The van der Waals surface area contributed by atoms with Gasteiger partial charge in [-0.15, -0.1) is 0 Å². The van der Waals surface area contributed by atoms with Crippen molar-refractivity contribution in [2.24, 2.45) is 0 Å². The van der Waals surface area contributed by atoms with Crippen LogP contribution < -0.4 is 4.74 Å². The van der Waals surface area contributed by atoms with Gasteiger partial charge in [-0.2, -0.15) is 0 Å². The van der Waals surface area contributed by atoms with Crippen molar-refractivity contribution < 1.29 is 38.7 Å². The van der Waals surface area contributed by atoms with Crippen LogP contribution in [0.2, 0.25) is 0 Å². The minimum Gasteiger partial charge on any atom is -0.497 e. The zero-order chi connectivity index (χ0) is 19.3. The van der Waals surface area contributed by atoms with Crippen molar-refractivity contribution in [2.45, 2.75) is 44.6 Å². The summed E-state index contributed by atoms with van der Waals surface area (Å²) >= 11 is 0. The molecule has 0 aliphatic carbocycles. The van der Waals surface area contributed by atoms with Crippen molar-refractivity contribution in [1.29, 1.82) is 0 Å². The lowest BCUT2D eigenvalue weighted by Crippen LogP contribution is -2.59. The number of hydrogen-bond acceptors (Lipinski definition) is 8. The van der Waals surface area contributed by atoms with Gasteiger partial charge < -0.3 is 29.2 Å². The van der Waals surface area contributed by atoms with Crippen LogP contribution >= 0.6 is 0 Å². The van der Waals surface area contributed by atoms with Crippen molar-refractivity contribution in [2.75, 3.05) is 7.11 Å². The van der Waals surface area contributed by atoms with E-state index in [2.05, 4.69) is 0 Å². The minimum atomic E-state index is -1.53. The number of carbonyl (C=O) groups is 2. The Balaban J connectivity index is 2.06. The van der Waals surface area contributed by atoms with E-state index in [4.69, 9.17) is 18.9 Å². The lowest BCUT2D eigenvalue weighted by Gasteiger charge is -2.40. The maximum atomic E-state index is 12.1. The van der Waals surface area contributed by atoms with Gasteiger partial charge in [0.2, 0.25) is 0 Å². The number of aliphatic hydroxyl groups excluding tert-OH is 2. The average Bonchev–Trinajstić information content (AvgIpc) is 2.61. The topological polar surface area (TPSA) is 112 Å². The van der Waals surface area contributed by atoms with Gasteiger partial charge in [-0.1, -0.05) is 12.1 Å². The lowest BCUT2D eigenvalue weighted by atomic mass is 9.99. The van der Waals surface area contributed by atoms with Crippen LogP contribution in [0.15, 0.2) is 30.3 Å². The number of ether oxygens (including phenoxy) is 4. The molecule has 0 spiro atoms. The molecular weight excluding hydrogens is 344 g/mol. The maximum absolute atomic E-state index is 12.1. The lowest BCUT2D eigenvalue weighted by molar-refractivity contribution is -0.284. The highest BCUT2D eigenvalue weighted by atomic mass is 16.7. The second-order valence-corrected chi connectivity index (χ2v) is 5.80. The van der Waals surface area contributed by atoms with Crippen molar-refractivity contribution >= 4 is 18.0 Å². The van der Waals surface area contributed by atoms with Crippen molar-refractivity contribution in [1.82, 2.24) is 0 Å². The molecule has 1 aliphatic rings. The van der Waals surface area contributed by atoms with Gasteiger partial charge >= 0.3 is 11.9 Å². The van der Waals surface area contributed by atoms with E-state index in [1.54, 1.807) is 31.4 Å². The van der Waals surface area contributed by atoms with Gasteiger partial charge in [0.05, 0.1) is 13.2 Å². The van der Waals surface area contributed by atoms with E-state index >= 15 is 0 Å². The fourth-order valence-electron chi connectivity index (χ4n) is 2.51. The number of esters is 2. The van der Waals surface area contributed by atoms with Crippen LogP contribution in [0.4, 0.5) is 0 Å². The van der Waals surface area contributed by atoms with Crippen LogP contribution in [0, 0.1) is 0 Å². The molecule has 1 saturated heterocycles. The highest BCUT2D eigenvalue weighted by molar-refractivity contribution is 5.87. The van der Waals surface area contributed by atoms with E-state index in [0.29, 0.717) is 5.75 Å². The van der Waals surface area contributed by atoms with Crippen molar-refractivity contribution in [3.8, 4) is 5.75 Å². The SMILES string of the molecule is COc1ccc(/C=C\C(=O)O[C@@H]2[C@H](OC(C)=O)[C@H](O)[C@H](C)O[C@H]2O)cc1. The third-order valence-electron chi connectivity index (χ3n) is 3.86. The molecular formula is C18H22O8. The Kier molecular flexibility index (Phi) is 6.73. The first-order valence-corrected chi connectivity index (χ1v) is 8.03. The zero-order valence-electron chi connectivity index (χ0n) is 14.7. The first kappa shape index (κ1) is 19.9. The zero-order valence-corrected chi connectivity index (χ0v) is 14.7. The Morgan fingerprint density at radius 1 is 1.12 bits per heavy atom. The molecule has 142 valence electrons. The second-order valence-electron chi connectivity index (χ2n) is 5.80. The van der Waals surface area contributed by atoms with Gasteiger partial charge in [-0.25, -0.2) is 4.79 Å². The van der Waals surface area contributed by atoms with Gasteiger partial charge in [0.25, 0.3) is 0 Å². The number of methoxy groups -OCH3 is 1. The number of carbonyl (C=O) groups excluding carboxylic acids is 2. The van der Waals surface area contributed by atoms with Gasteiger partial charge in [0, 0.05) is 13.0 Å². The molecule has 26 heavy (non-hydrogen) atoms. The van der Waals surface area contributed by atoms with E-state index in [-0.39, 0.29) is 0 Å². The Labute approximate surface area is 150 Å². The summed E-state index contributed by atoms with van der Waals surface area (Å²) in [5, 5.41) is 20.1. The molecule has 5 atom stereocenters. The van der Waals surface area contributed by atoms with Gasteiger partial charge in [-0.05, 0) is 30.7 Å². The Bertz CT molecular complexity index is 654. The largest absolute Gasteiger partial charge is 0.497 e. The van der Waals surface area contributed by atoms with Gasteiger partial charge in [-0.3, -0.25) is 4.79 Å². The van der Waals surface area contributed by atoms with Crippen LogP contribution in [0.1, 0.15) is 19.4 Å². The highest BCUT2D eigenvalue weighted by Crippen LogP contribution is 2.25. The van der Waals surface area contributed by atoms with Gasteiger partial charge in [0.1, 0.15) is 11.9 Å². The monoisotopic (exact) mass is 366 g/mol. The smallest absolute Gasteiger partial charge is 0.331 e. The van der Waals surface area contributed by atoms with Crippen LogP contribution in [0.3, 0.4) is 0 Å². The standard InChI is InChI=1S/C18H22O8/c1-10-15(21)16(25-11(2)19)17(18(22)24-10)26-14(20)9-6-12-4-7-13(23-3)8-5-12/h4-10,15-18,21-22H,1-3H3/b9-6-/t10-,15+,16+,17+,18+/m0/s1. The molecule has 2 N–H and O–H groups in total. The van der Waals surface area contributed by atoms with Crippen LogP contribution in [0.25, 0.3) is 6.08 Å². The molecule has 1 heterocycles. The first-order chi connectivity index (χ1) is 12.3. The molecule has 8 nitrogen and oxygen atoms in total. The number of aliphatic hydroxyl groups is 2. The molecule has 0 unspecified atom stereocenters. The fraction of sp³-hybridized carbons (Fsp3) is 0.444. The molecule has 0 saturated carbocycles. The summed E-state index contributed by atoms with van der Waals surface area (Å²) in [6.07, 6.45) is -3.48. The predicted octanol–water partition coefficient (Wildman–Crippen LogP) is 0.650. The summed E-state index contributed by atoms with van der Waals surface area (Å²) in [4.78, 5) is 23.3. The molecule has 1 aromatic carbocycles. The number of benzene rings is 1. The molecule has 2 rings (SSSR count). The van der Waals surface area contributed by atoms with E-state index < -0.39 is 42.6 Å². The fourth-order valence-corrected chi connectivity index (χ4v) is 2.51. The van der Waals surface area contributed by atoms with E-state index in [0.717, 1.165) is 18.6 Å². The van der Waals surface area contributed by atoms with Crippen LogP contribution in [-0.4, -0.2) is 60.0 Å². The summed E-state index contributed by atoms with van der Waals surface area (Å²) in [5.74, 6) is -0.780. The van der Waals surface area contributed by atoms with E-state index in [9.17, 15) is 19.8 Å². The normalized spacial score (nSPS) is 28.6. The molecule has 0 amide bonds. The predicted molar refractivity (Wildman–Crippen MR) is 90.0 cm³/mol. The van der Waals surface area contributed by atoms with E-state index in [1.165, 1.54) is 13.0 Å². The van der Waals surface area contributed by atoms with Crippen LogP contribution in [-0.2, 0) is 23.8 Å². The summed E-state index contributed by atoms with van der Waals surface area (Å²) in [6.45, 7) is 2.66. The number of hydrogen-bond donors (Lipinski definition) is 2.